The third-order valence-corrected chi connectivity index (χ3v) is 2.99. The highest BCUT2D eigenvalue weighted by atomic mass is 19.1. The third-order valence-electron chi connectivity index (χ3n) is 2.99. The molecule has 18 heavy (non-hydrogen) atoms. The second-order valence-corrected chi connectivity index (χ2v) is 4.46. The number of hydrogen-bond acceptors (Lipinski definition) is 4. The van der Waals surface area contributed by atoms with Gasteiger partial charge in [0.05, 0.1) is 12.0 Å². The van der Waals surface area contributed by atoms with Crippen LogP contribution < -0.4 is 15.8 Å². The van der Waals surface area contributed by atoms with Crippen molar-refractivity contribution in [3.05, 3.63) is 36.0 Å². The molecular weight excluding hydrogens is 233 g/mol. The van der Waals surface area contributed by atoms with Crippen LogP contribution in [0.1, 0.15) is 19.8 Å². The van der Waals surface area contributed by atoms with E-state index in [2.05, 4.69) is 17.2 Å². The fourth-order valence-electron chi connectivity index (χ4n) is 2.01. The van der Waals surface area contributed by atoms with Gasteiger partial charge >= 0.3 is 0 Å². The van der Waals surface area contributed by atoms with E-state index in [1.807, 2.05) is 6.08 Å². The predicted octanol–water partition coefficient (Wildman–Crippen LogP) is 1.79. The molecule has 0 saturated heterocycles. The van der Waals surface area contributed by atoms with Crippen LogP contribution in [0.3, 0.4) is 0 Å². The summed E-state index contributed by atoms with van der Waals surface area (Å²) in [6.07, 6.45) is 5.00. The van der Waals surface area contributed by atoms with Gasteiger partial charge in [-0.1, -0.05) is 6.92 Å². The minimum Gasteiger partial charge on any atom is -0.474 e. The van der Waals surface area contributed by atoms with Gasteiger partial charge in [0.15, 0.2) is 0 Å². The summed E-state index contributed by atoms with van der Waals surface area (Å²) in [6, 6.07) is 2.90. The molecule has 2 heterocycles. The Morgan fingerprint density at radius 3 is 3.00 bits per heavy atom. The zero-order chi connectivity index (χ0) is 13.0. The molecule has 0 aromatic carbocycles. The quantitative estimate of drug-likeness (QED) is 0.837. The van der Waals surface area contributed by atoms with Gasteiger partial charge in [0.2, 0.25) is 5.88 Å². The van der Waals surface area contributed by atoms with Gasteiger partial charge in [0.1, 0.15) is 11.9 Å². The molecule has 0 spiro atoms. The highest BCUT2D eigenvalue weighted by Crippen LogP contribution is 2.19. The van der Waals surface area contributed by atoms with E-state index in [1.165, 1.54) is 6.07 Å². The summed E-state index contributed by atoms with van der Waals surface area (Å²) in [7, 11) is 0. The van der Waals surface area contributed by atoms with Gasteiger partial charge in [-0.15, -0.1) is 0 Å². The maximum Gasteiger partial charge on any atom is 0.213 e. The Morgan fingerprint density at radius 2 is 2.44 bits per heavy atom. The monoisotopic (exact) mass is 251 g/mol. The Kier molecular flexibility index (Phi) is 4.02. The first-order valence-corrected chi connectivity index (χ1v) is 6.16. The Hall–Kier alpha value is -1.78. The molecule has 1 aliphatic heterocycles. The SMILES string of the molecule is CC[C@@H](C[C@H]1C=C(N)NC1)Oc1ccc(F)cn1. The largest absolute Gasteiger partial charge is 0.474 e. The van der Waals surface area contributed by atoms with E-state index in [9.17, 15) is 4.39 Å². The van der Waals surface area contributed by atoms with Crippen molar-refractivity contribution in [2.24, 2.45) is 11.7 Å². The molecule has 1 aromatic heterocycles. The van der Waals surface area contributed by atoms with Crippen LogP contribution in [0.2, 0.25) is 0 Å². The Balaban J connectivity index is 1.91. The highest BCUT2D eigenvalue weighted by Gasteiger charge is 2.19. The average Bonchev–Trinajstić information content (AvgIpc) is 2.77. The van der Waals surface area contributed by atoms with Gasteiger partial charge in [-0.2, -0.15) is 0 Å². The fourth-order valence-corrected chi connectivity index (χ4v) is 2.01. The van der Waals surface area contributed by atoms with E-state index >= 15 is 0 Å². The highest BCUT2D eigenvalue weighted by molar-refractivity contribution is 5.11. The van der Waals surface area contributed by atoms with Gasteiger partial charge in [-0.05, 0) is 25.0 Å². The van der Waals surface area contributed by atoms with Crippen LogP contribution in [0.4, 0.5) is 4.39 Å². The Morgan fingerprint density at radius 1 is 1.61 bits per heavy atom. The predicted molar refractivity (Wildman–Crippen MR) is 67.3 cm³/mol. The smallest absolute Gasteiger partial charge is 0.213 e. The molecule has 0 unspecified atom stereocenters. The lowest BCUT2D eigenvalue weighted by Crippen LogP contribution is -2.23. The minimum absolute atomic E-state index is 0.0666. The van der Waals surface area contributed by atoms with Gasteiger partial charge < -0.3 is 15.8 Å². The average molecular weight is 251 g/mol. The van der Waals surface area contributed by atoms with Crippen LogP contribution in [0.25, 0.3) is 0 Å². The number of halogens is 1. The van der Waals surface area contributed by atoms with Gasteiger partial charge in [0.25, 0.3) is 0 Å². The van der Waals surface area contributed by atoms with Crippen LogP contribution in [0.15, 0.2) is 30.2 Å². The summed E-state index contributed by atoms with van der Waals surface area (Å²) in [5, 5.41) is 3.09. The van der Waals surface area contributed by atoms with Crippen molar-refractivity contribution in [1.29, 1.82) is 0 Å². The molecule has 5 heteroatoms. The number of rotatable bonds is 5. The normalized spacial score (nSPS) is 20.1. The summed E-state index contributed by atoms with van der Waals surface area (Å²) in [4.78, 5) is 3.90. The number of hydrogen-bond donors (Lipinski definition) is 2. The van der Waals surface area contributed by atoms with Crippen molar-refractivity contribution in [3.8, 4) is 5.88 Å². The lowest BCUT2D eigenvalue weighted by Gasteiger charge is -2.19. The van der Waals surface area contributed by atoms with Crippen LogP contribution in [-0.4, -0.2) is 17.6 Å². The number of pyridine rings is 1. The van der Waals surface area contributed by atoms with Crippen molar-refractivity contribution in [2.45, 2.75) is 25.9 Å². The third kappa shape index (κ3) is 3.35. The van der Waals surface area contributed by atoms with Crippen molar-refractivity contribution in [2.75, 3.05) is 6.54 Å². The standard InChI is InChI=1S/C13H18FN3O/c1-2-11(5-9-6-12(15)16-7-9)18-13-4-3-10(14)8-17-13/h3-4,6,8-9,11,16H,2,5,7,15H2,1H3/t9-,11-/m0/s1. The summed E-state index contributed by atoms with van der Waals surface area (Å²) in [6.45, 7) is 2.91. The van der Waals surface area contributed by atoms with Gasteiger partial charge in [-0.3, -0.25) is 0 Å². The molecule has 0 aliphatic carbocycles. The van der Waals surface area contributed by atoms with E-state index in [0.29, 0.717) is 11.8 Å². The van der Waals surface area contributed by atoms with Crippen molar-refractivity contribution in [1.82, 2.24) is 10.3 Å². The maximum absolute atomic E-state index is 12.7. The topological polar surface area (TPSA) is 60.2 Å². The first-order valence-electron chi connectivity index (χ1n) is 6.16. The Labute approximate surface area is 106 Å². The molecule has 4 nitrogen and oxygen atoms in total. The maximum atomic E-state index is 12.7. The summed E-state index contributed by atoms with van der Waals surface area (Å²) < 4.78 is 18.5. The molecule has 2 atom stereocenters. The molecule has 0 amide bonds. The Bertz CT molecular complexity index is 419. The minimum atomic E-state index is -0.355. The number of ether oxygens (including phenoxy) is 1. The van der Waals surface area contributed by atoms with Gasteiger partial charge in [0, 0.05) is 18.5 Å². The van der Waals surface area contributed by atoms with E-state index in [0.717, 1.165) is 31.4 Å². The summed E-state index contributed by atoms with van der Waals surface area (Å²) in [5.41, 5.74) is 5.67. The van der Waals surface area contributed by atoms with Crippen molar-refractivity contribution in [3.63, 3.8) is 0 Å². The molecule has 1 aromatic rings. The molecule has 0 fully saturated rings. The molecular formula is C13H18FN3O. The first kappa shape index (κ1) is 12.7. The molecule has 2 rings (SSSR count). The van der Waals surface area contributed by atoms with E-state index < -0.39 is 0 Å². The molecule has 3 N–H and O–H groups in total. The first-order chi connectivity index (χ1) is 8.67. The van der Waals surface area contributed by atoms with E-state index in [-0.39, 0.29) is 11.9 Å². The number of aromatic nitrogens is 1. The summed E-state index contributed by atoms with van der Waals surface area (Å²) in [5.74, 6) is 1.22. The molecule has 1 aliphatic rings. The van der Waals surface area contributed by atoms with Crippen LogP contribution in [-0.2, 0) is 0 Å². The van der Waals surface area contributed by atoms with Crippen molar-refractivity contribution < 1.29 is 9.13 Å². The molecule has 0 radical (unpaired) electrons. The number of nitrogens with one attached hydrogen (secondary N) is 1. The van der Waals surface area contributed by atoms with Crippen LogP contribution in [0, 0.1) is 11.7 Å². The number of nitrogens with zero attached hydrogens (tertiary/aromatic N) is 1. The lowest BCUT2D eigenvalue weighted by molar-refractivity contribution is 0.166. The second kappa shape index (κ2) is 5.71. The zero-order valence-electron chi connectivity index (χ0n) is 10.4. The van der Waals surface area contributed by atoms with Crippen LogP contribution in [0.5, 0.6) is 5.88 Å². The second-order valence-electron chi connectivity index (χ2n) is 4.46. The lowest BCUT2D eigenvalue weighted by atomic mass is 10.0. The van der Waals surface area contributed by atoms with E-state index in [4.69, 9.17) is 10.5 Å². The number of nitrogens with two attached hydrogens (primary N) is 1. The molecule has 98 valence electrons. The van der Waals surface area contributed by atoms with E-state index in [1.54, 1.807) is 6.07 Å². The van der Waals surface area contributed by atoms with Crippen molar-refractivity contribution >= 4 is 0 Å². The summed E-state index contributed by atoms with van der Waals surface area (Å²) >= 11 is 0. The zero-order valence-corrected chi connectivity index (χ0v) is 10.4. The fraction of sp³-hybridized carbons (Fsp3) is 0.462. The van der Waals surface area contributed by atoms with Crippen LogP contribution >= 0.6 is 0 Å². The molecule has 0 bridgehead atoms. The molecule has 0 saturated carbocycles. The van der Waals surface area contributed by atoms with Gasteiger partial charge in [-0.25, -0.2) is 9.37 Å².